The second-order valence-electron chi connectivity index (χ2n) is 5.62. The summed E-state index contributed by atoms with van der Waals surface area (Å²) < 4.78 is 0. The molecule has 0 aromatic heterocycles. The smallest absolute Gasteiger partial charge is 0.304 e. The van der Waals surface area contributed by atoms with Crippen molar-refractivity contribution in [2.24, 2.45) is 0 Å². The Morgan fingerprint density at radius 1 is 1.35 bits per heavy atom. The van der Waals surface area contributed by atoms with Gasteiger partial charge in [-0.2, -0.15) is 11.8 Å². The summed E-state index contributed by atoms with van der Waals surface area (Å²) in [7, 11) is 0. The maximum Gasteiger partial charge on any atom is 0.304 e. The molecule has 1 saturated carbocycles. The number of likely N-dealkylation sites (tertiary alicyclic amines) is 1. The zero-order valence-electron chi connectivity index (χ0n) is 11.2. The van der Waals surface area contributed by atoms with Gasteiger partial charge in [0.05, 0.1) is 18.9 Å². The number of carbonyl (C=O) groups excluding carboxylic acids is 2. The van der Waals surface area contributed by atoms with Crippen molar-refractivity contribution in [2.45, 2.75) is 43.8 Å². The summed E-state index contributed by atoms with van der Waals surface area (Å²) >= 11 is 1.71. The molecule has 110 valence electrons. The molecular weight excluding hydrogens is 280 g/mol. The molecule has 2 aliphatic heterocycles. The van der Waals surface area contributed by atoms with Crippen molar-refractivity contribution in [3.8, 4) is 0 Å². The van der Waals surface area contributed by atoms with Gasteiger partial charge in [0.2, 0.25) is 11.8 Å². The molecule has 3 aliphatic rings. The van der Waals surface area contributed by atoms with Crippen LogP contribution in [0, 0.1) is 0 Å². The quantitative estimate of drug-likeness (QED) is 0.745. The maximum atomic E-state index is 12.4. The molecule has 0 radical (unpaired) electrons. The van der Waals surface area contributed by atoms with Gasteiger partial charge in [-0.1, -0.05) is 0 Å². The minimum atomic E-state index is -0.849. The normalized spacial score (nSPS) is 31.9. The third kappa shape index (κ3) is 2.56. The standard InChI is InChI=1S/C13H18N2O4S/c16-11-6-10(13(19)15(11)8-1-2-8)14-3-4-20-7-9(14)5-12(17)18/h8-10H,1-7H2,(H,17,18). The molecule has 2 unspecified atom stereocenters. The first-order valence-corrected chi connectivity index (χ1v) is 8.14. The second-order valence-corrected chi connectivity index (χ2v) is 6.77. The minimum absolute atomic E-state index is 0.0361. The van der Waals surface area contributed by atoms with Crippen molar-refractivity contribution in [1.29, 1.82) is 0 Å². The highest BCUT2D eigenvalue weighted by Gasteiger charge is 2.49. The molecule has 1 aliphatic carbocycles. The van der Waals surface area contributed by atoms with E-state index in [2.05, 4.69) is 0 Å². The molecule has 2 atom stereocenters. The monoisotopic (exact) mass is 298 g/mol. The average Bonchev–Trinajstić information content (AvgIpc) is 3.17. The lowest BCUT2D eigenvalue weighted by molar-refractivity contribution is -0.143. The molecule has 2 heterocycles. The van der Waals surface area contributed by atoms with Gasteiger partial charge >= 0.3 is 5.97 Å². The van der Waals surface area contributed by atoms with Crippen LogP contribution in [0.1, 0.15) is 25.7 Å². The van der Waals surface area contributed by atoms with Gasteiger partial charge in [-0.05, 0) is 12.8 Å². The first-order chi connectivity index (χ1) is 9.58. The van der Waals surface area contributed by atoms with Crippen molar-refractivity contribution in [3.05, 3.63) is 0 Å². The van der Waals surface area contributed by atoms with E-state index < -0.39 is 12.0 Å². The van der Waals surface area contributed by atoms with Crippen LogP contribution in [0.5, 0.6) is 0 Å². The predicted octanol–water partition coefficient (Wildman–Crippen LogP) is 0.168. The first kappa shape index (κ1) is 13.9. The van der Waals surface area contributed by atoms with E-state index in [-0.39, 0.29) is 36.7 Å². The van der Waals surface area contributed by atoms with E-state index >= 15 is 0 Å². The fourth-order valence-electron chi connectivity index (χ4n) is 3.07. The van der Waals surface area contributed by atoms with E-state index in [4.69, 9.17) is 5.11 Å². The molecule has 2 saturated heterocycles. The van der Waals surface area contributed by atoms with Gasteiger partial charge < -0.3 is 5.11 Å². The fraction of sp³-hybridized carbons (Fsp3) is 0.769. The van der Waals surface area contributed by atoms with Crippen LogP contribution in [0.4, 0.5) is 0 Å². The molecule has 3 rings (SSSR count). The maximum absolute atomic E-state index is 12.4. The van der Waals surface area contributed by atoms with Crippen LogP contribution < -0.4 is 0 Å². The van der Waals surface area contributed by atoms with Gasteiger partial charge in [0, 0.05) is 30.1 Å². The van der Waals surface area contributed by atoms with Crippen LogP contribution in [0.2, 0.25) is 0 Å². The number of rotatable bonds is 4. The SMILES string of the molecule is O=C(O)CC1CSCCN1C1CC(=O)N(C2CC2)C1=O. The van der Waals surface area contributed by atoms with Gasteiger partial charge in [-0.3, -0.25) is 24.2 Å². The summed E-state index contributed by atoms with van der Waals surface area (Å²) in [5.41, 5.74) is 0. The molecule has 2 amide bonds. The number of aliphatic carboxylic acids is 1. The van der Waals surface area contributed by atoms with Gasteiger partial charge in [-0.15, -0.1) is 0 Å². The number of hydrogen-bond donors (Lipinski definition) is 1. The number of carbonyl (C=O) groups is 3. The Kier molecular flexibility index (Phi) is 3.72. The van der Waals surface area contributed by atoms with E-state index in [0.29, 0.717) is 12.3 Å². The Balaban J connectivity index is 1.74. The van der Waals surface area contributed by atoms with Crippen LogP contribution in [0.15, 0.2) is 0 Å². The number of thioether (sulfide) groups is 1. The number of amides is 2. The molecular formula is C13H18N2O4S. The van der Waals surface area contributed by atoms with Gasteiger partial charge in [-0.25, -0.2) is 0 Å². The topological polar surface area (TPSA) is 77.9 Å². The van der Waals surface area contributed by atoms with Crippen LogP contribution >= 0.6 is 11.8 Å². The average molecular weight is 298 g/mol. The second kappa shape index (κ2) is 5.37. The Bertz CT molecular complexity index is 452. The van der Waals surface area contributed by atoms with E-state index in [1.807, 2.05) is 4.90 Å². The number of nitrogens with zero attached hydrogens (tertiary/aromatic N) is 2. The fourth-order valence-corrected chi connectivity index (χ4v) is 4.15. The summed E-state index contributed by atoms with van der Waals surface area (Å²) in [5, 5.41) is 9.00. The summed E-state index contributed by atoms with van der Waals surface area (Å²) in [6.07, 6.45) is 2.09. The number of carboxylic acid groups (broad SMARTS) is 1. The molecule has 0 aromatic rings. The highest BCUT2D eigenvalue weighted by Crippen LogP contribution is 2.34. The zero-order chi connectivity index (χ0) is 14.3. The number of imide groups is 1. The Morgan fingerprint density at radius 3 is 2.75 bits per heavy atom. The van der Waals surface area contributed by atoms with Crippen LogP contribution in [0.25, 0.3) is 0 Å². The third-order valence-electron chi connectivity index (χ3n) is 4.15. The Morgan fingerprint density at radius 2 is 2.10 bits per heavy atom. The van der Waals surface area contributed by atoms with Crippen molar-refractivity contribution >= 4 is 29.5 Å². The van der Waals surface area contributed by atoms with Crippen LogP contribution in [-0.2, 0) is 14.4 Å². The largest absolute Gasteiger partial charge is 0.481 e. The summed E-state index contributed by atoms with van der Waals surface area (Å²) in [6, 6.07) is -0.474. The molecule has 3 fully saturated rings. The minimum Gasteiger partial charge on any atom is -0.481 e. The molecule has 0 spiro atoms. The van der Waals surface area contributed by atoms with E-state index in [1.165, 1.54) is 4.90 Å². The van der Waals surface area contributed by atoms with Crippen LogP contribution in [-0.4, -0.2) is 68.9 Å². The van der Waals surface area contributed by atoms with Crippen molar-refractivity contribution in [3.63, 3.8) is 0 Å². The molecule has 6 nitrogen and oxygen atoms in total. The summed E-state index contributed by atoms with van der Waals surface area (Å²) in [5.74, 6) is 0.554. The molecule has 20 heavy (non-hydrogen) atoms. The van der Waals surface area contributed by atoms with Gasteiger partial charge in [0.15, 0.2) is 0 Å². The van der Waals surface area contributed by atoms with E-state index in [1.54, 1.807) is 11.8 Å². The lowest BCUT2D eigenvalue weighted by atomic mass is 10.1. The van der Waals surface area contributed by atoms with Gasteiger partial charge in [0.25, 0.3) is 0 Å². The van der Waals surface area contributed by atoms with E-state index in [9.17, 15) is 14.4 Å². The van der Waals surface area contributed by atoms with Crippen molar-refractivity contribution < 1.29 is 19.5 Å². The highest BCUT2D eigenvalue weighted by atomic mass is 32.2. The first-order valence-electron chi connectivity index (χ1n) is 6.99. The molecule has 1 N–H and O–H groups in total. The summed E-state index contributed by atoms with van der Waals surface area (Å²) in [6.45, 7) is 0.685. The highest BCUT2D eigenvalue weighted by molar-refractivity contribution is 7.99. The lowest BCUT2D eigenvalue weighted by Crippen LogP contribution is -2.52. The Hall–Kier alpha value is -1.08. The van der Waals surface area contributed by atoms with Crippen molar-refractivity contribution in [1.82, 2.24) is 9.80 Å². The summed E-state index contributed by atoms with van der Waals surface area (Å²) in [4.78, 5) is 38.8. The predicted molar refractivity (Wildman–Crippen MR) is 73.4 cm³/mol. The molecule has 7 heteroatoms. The lowest BCUT2D eigenvalue weighted by Gasteiger charge is -2.37. The van der Waals surface area contributed by atoms with Gasteiger partial charge in [0.1, 0.15) is 0 Å². The number of carboxylic acids is 1. The zero-order valence-corrected chi connectivity index (χ0v) is 12.0. The molecule has 0 aromatic carbocycles. The molecule has 0 bridgehead atoms. The van der Waals surface area contributed by atoms with Crippen molar-refractivity contribution in [2.75, 3.05) is 18.1 Å². The third-order valence-corrected chi connectivity index (χ3v) is 5.25. The number of hydrogen-bond acceptors (Lipinski definition) is 5. The van der Waals surface area contributed by atoms with Crippen LogP contribution in [0.3, 0.4) is 0 Å². The Labute approximate surface area is 121 Å². The van der Waals surface area contributed by atoms with E-state index in [0.717, 1.165) is 18.6 Å².